The van der Waals surface area contributed by atoms with Gasteiger partial charge in [-0.15, -0.1) is 0 Å². The minimum absolute atomic E-state index is 0.314. The number of aryl methyl sites for hydroxylation is 1. The normalized spacial score (nSPS) is 11.5. The molecular weight excluding hydrogens is 444 g/mol. The van der Waals surface area contributed by atoms with Gasteiger partial charge in [0.1, 0.15) is 0 Å². The molecule has 3 N–H and O–H groups in total. The zero-order valence-corrected chi connectivity index (χ0v) is 14.8. The Balaban J connectivity index is 2.34. The van der Waals surface area contributed by atoms with Gasteiger partial charge in [-0.1, -0.05) is 0 Å². The summed E-state index contributed by atoms with van der Waals surface area (Å²) in [5.74, 6) is 0. The van der Waals surface area contributed by atoms with Crippen molar-refractivity contribution in [1.82, 2.24) is 0 Å². The third-order valence-corrected chi connectivity index (χ3v) is 6.25. The number of alkyl halides is 3. The van der Waals surface area contributed by atoms with E-state index >= 15 is 0 Å². The van der Waals surface area contributed by atoms with Crippen LogP contribution in [0, 0.1) is 14.1 Å². The summed E-state index contributed by atoms with van der Waals surface area (Å²) in [7, 11) is 0. The number of rotatable bonds is 3. The van der Waals surface area contributed by atoms with Crippen LogP contribution in [0.4, 0.5) is 23.7 Å². The predicted molar refractivity (Wildman–Crippen MR) is 78.2 cm³/mol. The molecule has 2 amide bonds. The van der Waals surface area contributed by atoms with E-state index in [1.54, 1.807) is 24.3 Å². The fourth-order valence-corrected chi connectivity index (χ4v) is 4.62. The fourth-order valence-electron chi connectivity index (χ4n) is 1.81. The monoisotopic (exact) mass is 455 g/mol. The van der Waals surface area contributed by atoms with Gasteiger partial charge in [0.15, 0.2) is 0 Å². The molecule has 8 heteroatoms. The van der Waals surface area contributed by atoms with Crippen LogP contribution < -0.4 is 32.3 Å². The fraction of sp³-hybridized carbons (Fsp3) is 0.133. The van der Waals surface area contributed by atoms with Gasteiger partial charge >= 0.3 is 146 Å². The third-order valence-electron chi connectivity index (χ3n) is 2.88. The molecular formula is C15H12ClF3IN2O-. The molecule has 0 heterocycles. The molecule has 0 saturated heterocycles. The second-order valence-electron chi connectivity index (χ2n) is 4.67. The number of benzene rings is 2. The molecule has 0 fully saturated rings. The molecule has 0 saturated carbocycles. The number of nitrogens with one attached hydrogen (secondary N) is 1. The van der Waals surface area contributed by atoms with Crippen LogP contribution in [0.15, 0.2) is 36.4 Å². The van der Waals surface area contributed by atoms with Gasteiger partial charge < -0.3 is 0 Å². The van der Waals surface area contributed by atoms with Crippen LogP contribution in [0.1, 0.15) is 11.1 Å². The third kappa shape index (κ3) is 4.74. The number of anilines is 1. The summed E-state index contributed by atoms with van der Waals surface area (Å²) in [5.41, 5.74) is 5.69. The average Bonchev–Trinajstić information content (AvgIpc) is 2.43. The molecule has 3 nitrogen and oxygen atoms in total. The van der Waals surface area contributed by atoms with E-state index in [4.69, 9.17) is 17.3 Å². The molecule has 0 unspecified atom stereocenters. The van der Waals surface area contributed by atoms with Gasteiger partial charge in [0.05, 0.1) is 0 Å². The number of amides is 2. The van der Waals surface area contributed by atoms with Crippen LogP contribution in [0.3, 0.4) is 0 Å². The Kier molecular flexibility index (Phi) is 5.41. The first kappa shape index (κ1) is 17.9. The Morgan fingerprint density at radius 2 is 1.91 bits per heavy atom. The topological polar surface area (TPSA) is 55.1 Å². The first-order valence-electron chi connectivity index (χ1n) is 6.35. The molecule has 0 aromatic heterocycles. The molecule has 2 aromatic carbocycles. The number of halogens is 5. The quantitative estimate of drug-likeness (QED) is 0.674. The molecule has 0 aliphatic carbocycles. The van der Waals surface area contributed by atoms with Gasteiger partial charge in [0.2, 0.25) is 0 Å². The SMILES string of the molecule is Cc1ccc(NC(N)=O)cc1[I-]c1ccc(Cl)c(C(F)(F)F)c1. The number of carbonyl (C=O) groups is 1. The van der Waals surface area contributed by atoms with Crippen molar-refractivity contribution in [3.05, 3.63) is 59.7 Å². The van der Waals surface area contributed by atoms with Crippen LogP contribution in [-0.4, -0.2) is 6.03 Å². The maximum absolute atomic E-state index is 12.9. The molecule has 0 aliphatic heterocycles. The second kappa shape index (κ2) is 6.96. The van der Waals surface area contributed by atoms with Crippen LogP contribution in [0.2, 0.25) is 5.02 Å². The Labute approximate surface area is 146 Å². The summed E-state index contributed by atoms with van der Waals surface area (Å²) >= 11 is 4.76. The average molecular weight is 456 g/mol. The Bertz CT molecular complexity index is 750. The maximum atomic E-state index is 12.9. The summed E-state index contributed by atoms with van der Waals surface area (Å²) in [6.07, 6.45) is -4.48. The van der Waals surface area contributed by atoms with Crippen molar-refractivity contribution in [2.45, 2.75) is 13.1 Å². The number of urea groups is 1. The van der Waals surface area contributed by atoms with Crippen LogP contribution >= 0.6 is 11.6 Å². The van der Waals surface area contributed by atoms with E-state index in [0.717, 1.165) is 15.2 Å². The molecule has 2 aromatic rings. The van der Waals surface area contributed by atoms with Crippen molar-refractivity contribution in [2.24, 2.45) is 5.73 Å². The number of hydrogen-bond donors (Lipinski definition) is 2. The zero-order chi connectivity index (χ0) is 17.2. The first-order chi connectivity index (χ1) is 10.7. The van der Waals surface area contributed by atoms with Crippen molar-refractivity contribution in [2.75, 3.05) is 5.32 Å². The Morgan fingerprint density at radius 1 is 1.22 bits per heavy atom. The van der Waals surface area contributed by atoms with E-state index in [2.05, 4.69) is 5.32 Å². The number of carbonyl (C=O) groups excluding carboxylic acids is 1. The molecule has 2 rings (SSSR count). The summed E-state index contributed by atoms with van der Waals surface area (Å²) in [5, 5.41) is 2.14. The number of hydrogen-bond acceptors (Lipinski definition) is 1. The minimum atomic E-state index is -4.48. The van der Waals surface area contributed by atoms with Crippen LogP contribution in [-0.2, 0) is 6.18 Å². The second-order valence-corrected chi connectivity index (χ2v) is 8.02. The van der Waals surface area contributed by atoms with Gasteiger partial charge in [-0.2, -0.15) is 0 Å². The van der Waals surface area contributed by atoms with Crippen LogP contribution in [0.25, 0.3) is 0 Å². The van der Waals surface area contributed by atoms with E-state index < -0.39 is 39.0 Å². The number of primary amides is 1. The van der Waals surface area contributed by atoms with E-state index in [0.29, 0.717) is 9.26 Å². The van der Waals surface area contributed by atoms with Crippen molar-refractivity contribution in [3.63, 3.8) is 0 Å². The van der Waals surface area contributed by atoms with Crippen LogP contribution in [0.5, 0.6) is 0 Å². The predicted octanol–water partition coefficient (Wildman–Crippen LogP) is 1.29. The van der Waals surface area contributed by atoms with Crippen molar-refractivity contribution >= 4 is 23.3 Å². The van der Waals surface area contributed by atoms with Crippen molar-refractivity contribution in [1.29, 1.82) is 0 Å². The van der Waals surface area contributed by atoms with Gasteiger partial charge in [-0.3, -0.25) is 0 Å². The Morgan fingerprint density at radius 3 is 2.52 bits per heavy atom. The molecule has 0 radical (unpaired) electrons. The number of nitrogens with two attached hydrogens (primary N) is 1. The van der Waals surface area contributed by atoms with Gasteiger partial charge in [0, 0.05) is 0 Å². The van der Waals surface area contributed by atoms with E-state index in [1.807, 2.05) is 6.92 Å². The molecule has 0 bridgehead atoms. The van der Waals surface area contributed by atoms with Gasteiger partial charge in [-0.05, 0) is 0 Å². The summed E-state index contributed by atoms with van der Waals surface area (Å²) in [4.78, 5) is 10.9. The van der Waals surface area contributed by atoms with Gasteiger partial charge in [-0.25, -0.2) is 0 Å². The molecule has 23 heavy (non-hydrogen) atoms. The van der Waals surface area contributed by atoms with Crippen molar-refractivity contribution < 1.29 is 39.2 Å². The summed E-state index contributed by atoms with van der Waals surface area (Å²) < 4.78 is 40.2. The van der Waals surface area contributed by atoms with Crippen molar-refractivity contribution in [3.8, 4) is 0 Å². The van der Waals surface area contributed by atoms with Gasteiger partial charge in [0.25, 0.3) is 0 Å². The first-order valence-corrected chi connectivity index (χ1v) is 8.89. The van der Waals surface area contributed by atoms with E-state index in [9.17, 15) is 18.0 Å². The molecule has 0 atom stereocenters. The standard InChI is InChI=1S/C15H12ClF3IN2O/c1-8-2-4-10(22-14(21)23)7-13(8)20-9-3-5-12(16)11(6-9)15(17,18)19/h2-7H,1H3,(H3,21,22,23)/q-1. The van der Waals surface area contributed by atoms with E-state index in [1.165, 1.54) is 6.07 Å². The summed E-state index contributed by atoms with van der Waals surface area (Å²) in [6.45, 7) is 1.86. The Hall–Kier alpha value is -1.48. The van der Waals surface area contributed by atoms with E-state index in [-0.39, 0.29) is 5.02 Å². The molecule has 124 valence electrons. The molecule has 0 spiro atoms. The molecule has 0 aliphatic rings. The zero-order valence-electron chi connectivity index (χ0n) is 11.8. The summed E-state index contributed by atoms with van der Waals surface area (Å²) in [6, 6.07) is 8.47.